The van der Waals surface area contributed by atoms with Gasteiger partial charge in [0.25, 0.3) is 0 Å². The highest BCUT2D eigenvalue weighted by Gasteiger charge is 2.18. The molecular weight excluding hydrogens is 321 g/mol. The van der Waals surface area contributed by atoms with Gasteiger partial charge in [0.2, 0.25) is 11.7 Å². The molecule has 0 aliphatic carbocycles. The first-order valence-corrected chi connectivity index (χ1v) is 8.27. The lowest BCUT2D eigenvalue weighted by Gasteiger charge is -2.17. The first-order chi connectivity index (χ1) is 11.9. The van der Waals surface area contributed by atoms with Gasteiger partial charge in [-0.1, -0.05) is 17.3 Å². The Balaban J connectivity index is 1.65. The van der Waals surface area contributed by atoms with Gasteiger partial charge in [0.1, 0.15) is 5.82 Å². The van der Waals surface area contributed by atoms with Crippen LogP contribution >= 0.6 is 0 Å². The van der Waals surface area contributed by atoms with Gasteiger partial charge in [-0.2, -0.15) is 10.1 Å². The standard InChI is InChI=1S/C18H22FN5O/c1-11-8-20-24(9-11)10-13(3)21-14(4)18-22-17(23-25-18)15-6-5-12(2)16(19)7-15/h5-9,13-14,21H,10H2,1-4H3. The first kappa shape index (κ1) is 17.3. The van der Waals surface area contributed by atoms with E-state index >= 15 is 0 Å². The van der Waals surface area contributed by atoms with Crippen LogP contribution < -0.4 is 5.32 Å². The van der Waals surface area contributed by atoms with Crippen LogP contribution in [0.3, 0.4) is 0 Å². The van der Waals surface area contributed by atoms with E-state index in [0.717, 1.165) is 12.1 Å². The number of benzene rings is 1. The molecule has 7 heteroatoms. The normalized spacial score (nSPS) is 13.8. The number of nitrogens with one attached hydrogen (secondary N) is 1. The van der Waals surface area contributed by atoms with Crippen molar-refractivity contribution in [2.24, 2.45) is 0 Å². The molecule has 1 aromatic carbocycles. The fourth-order valence-corrected chi connectivity index (χ4v) is 2.66. The number of nitrogens with zero attached hydrogens (tertiary/aromatic N) is 4. The Kier molecular flexibility index (Phi) is 4.94. The maximum Gasteiger partial charge on any atom is 0.243 e. The molecule has 0 aliphatic heterocycles. The van der Waals surface area contributed by atoms with Gasteiger partial charge in [-0.3, -0.25) is 4.68 Å². The molecule has 0 saturated heterocycles. The minimum absolute atomic E-state index is 0.122. The molecule has 1 N–H and O–H groups in total. The van der Waals surface area contributed by atoms with Gasteiger partial charge in [-0.15, -0.1) is 0 Å². The van der Waals surface area contributed by atoms with E-state index < -0.39 is 0 Å². The van der Waals surface area contributed by atoms with Crippen molar-refractivity contribution >= 4 is 0 Å². The van der Waals surface area contributed by atoms with Crippen molar-refractivity contribution in [3.63, 3.8) is 0 Å². The van der Waals surface area contributed by atoms with Crippen LogP contribution in [0.4, 0.5) is 4.39 Å². The summed E-state index contributed by atoms with van der Waals surface area (Å²) in [5.41, 5.74) is 2.32. The molecular formula is C18H22FN5O. The molecule has 0 fully saturated rings. The molecule has 2 atom stereocenters. The lowest BCUT2D eigenvalue weighted by atomic mass is 10.1. The van der Waals surface area contributed by atoms with E-state index in [1.165, 1.54) is 6.07 Å². The van der Waals surface area contributed by atoms with Crippen LogP contribution in [0.2, 0.25) is 0 Å². The second kappa shape index (κ2) is 7.14. The summed E-state index contributed by atoms with van der Waals surface area (Å²) in [5.74, 6) is 0.579. The molecule has 6 nitrogen and oxygen atoms in total. The molecule has 2 heterocycles. The van der Waals surface area contributed by atoms with Crippen molar-refractivity contribution in [2.75, 3.05) is 0 Å². The number of halogens is 1. The lowest BCUT2D eigenvalue weighted by Crippen LogP contribution is -2.33. The fraction of sp³-hybridized carbons (Fsp3) is 0.389. The average molecular weight is 343 g/mol. The van der Waals surface area contributed by atoms with E-state index in [9.17, 15) is 4.39 Å². The van der Waals surface area contributed by atoms with Crippen molar-refractivity contribution in [1.82, 2.24) is 25.2 Å². The highest BCUT2D eigenvalue weighted by Crippen LogP contribution is 2.21. The molecule has 0 radical (unpaired) electrons. The number of hydrogen-bond donors (Lipinski definition) is 1. The third kappa shape index (κ3) is 4.11. The van der Waals surface area contributed by atoms with Gasteiger partial charge >= 0.3 is 0 Å². The predicted molar refractivity (Wildman–Crippen MR) is 92.4 cm³/mol. The van der Waals surface area contributed by atoms with E-state index in [-0.39, 0.29) is 17.9 Å². The molecule has 0 saturated carbocycles. The highest BCUT2D eigenvalue weighted by molar-refractivity contribution is 5.54. The van der Waals surface area contributed by atoms with Crippen molar-refractivity contribution in [3.05, 3.63) is 53.4 Å². The Labute approximate surface area is 146 Å². The second-order valence-corrected chi connectivity index (χ2v) is 6.45. The molecule has 2 aromatic heterocycles. The predicted octanol–water partition coefficient (Wildman–Crippen LogP) is 3.43. The molecule has 3 rings (SSSR count). The zero-order valence-corrected chi connectivity index (χ0v) is 14.8. The summed E-state index contributed by atoms with van der Waals surface area (Å²) in [6, 6.07) is 4.96. The molecule has 3 aromatic rings. The van der Waals surface area contributed by atoms with Crippen molar-refractivity contribution < 1.29 is 8.91 Å². The maximum absolute atomic E-state index is 13.7. The van der Waals surface area contributed by atoms with E-state index in [1.54, 1.807) is 19.1 Å². The number of aryl methyl sites for hydroxylation is 2. The van der Waals surface area contributed by atoms with E-state index in [4.69, 9.17) is 4.52 Å². The summed E-state index contributed by atoms with van der Waals surface area (Å²) in [6.45, 7) is 8.49. The van der Waals surface area contributed by atoms with Crippen molar-refractivity contribution in [1.29, 1.82) is 0 Å². The minimum Gasteiger partial charge on any atom is -0.337 e. The van der Waals surface area contributed by atoms with Crippen LogP contribution in [0.15, 0.2) is 35.1 Å². The molecule has 0 bridgehead atoms. The van der Waals surface area contributed by atoms with Crippen LogP contribution in [-0.2, 0) is 6.54 Å². The van der Waals surface area contributed by atoms with Crippen LogP contribution in [0.5, 0.6) is 0 Å². The molecule has 25 heavy (non-hydrogen) atoms. The first-order valence-electron chi connectivity index (χ1n) is 8.27. The summed E-state index contributed by atoms with van der Waals surface area (Å²) in [7, 11) is 0. The monoisotopic (exact) mass is 343 g/mol. The van der Waals surface area contributed by atoms with Crippen LogP contribution in [0.1, 0.15) is 36.9 Å². The summed E-state index contributed by atoms with van der Waals surface area (Å²) >= 11 is 0. The maximum atomic E-state index is 13.7. The van der Waals surface area contributed by atoms with Crippen LogP contribution in [0.25, 0.3) is 11.4 Å². The zero-order valence-electron chi connectivity index (χ0n) is 14.8. The molecule has 0 spiro atoms. The third-order valence-electron chi connectivity index (χ3n) is 4.00. The number of hydrogen-bond acceptors (Lipinski definition) is 5. The van der Waals surface area contributed by atoms with Crippen LogP contribution in [-0.4, -0.2) is 26.0 Å². The third-order valence-corrected chi connectivity index (χ3v) is 4.00. The van der Waals surface area contributed by atoms with Gasteiger partial charge in [-0.05, 0) is 44.9 Å². The molecule has 2 unspecified atom stereocenters. The minimum atomic E-state index is -0.279. The molecule has 132 valence electrons. The van der Waals surface area contributed by atoms with Crippen molar-refractivity contribution in [3.8, 4) is 11.4 Å². The number of aromatic nitrogens is 4. The molecule has 0 amide bonds. The Morgan fingerprint density at radius 1 is 1.28 bits per heavy atom. The Morgan fingerprint density at radius 2 is 2.08 bits per heavy atom. The van der Waals surface area contributed by atoms with E-state index in [0.29, 0.717) is 22.8 Å². The Bertz CT molecular complexity index is 857. The van der Waals surface area contributed by atoms with Crippen LogP contribution in [0, 0.1) is 19.7 Å². The summed E-state index contributed by atoms with van der Waals surface area (Å²) in [6.07, 6.45) is 3.83. The van der Waals surface area contributed by atoms with E-state index in [2.05, 4.69) is 27.5 Å². The van der Waals surface area contributed by atoms with Gasteiger partial charge in [-0.25, -0.2) is 4.39 Å². The smallest absolute Gasteiger partial charge is 0.243 e. The Morgan fingerprint density at radius 3 is 2.76 bits per heavy atom. The average Bonchev–Trinajstić information content (AvgIpc) is 3.19. The van der Waals surface area contributed by atoms with E-state index in [1.807, 2.05) is 30.9 Å². The topological polar surface area (TPSA) is 68.8 Å². The van der Waals surface area contributed by atoms with Gasteiger partial charge in [0.05, 0.1) is 18.8 Å². The quantitative estimate of drug-likeness (QED) is 0.743. The summed E-state index contributed by atoms with van der Waals surface area (Å²) < 4.78 is 20.9. The van der Waals surface area contributed by atoms with Crippen molar-refractivity contribution in [2.45, 2.75) is 46.3 Å². The van der Waals surface area contributed by atoms with Gasteiger partial charge in [0.15, 0.2) is 0 Å². The Hall–Kier alpha value is -2.54. The van der Waals surface area contributed by atoms with Gasteiger partial charge in [0, 0.05) is 17.8 Å². The van der Waals surface area contributed by atoms with Gasteiger partial charge < -0.3 is 9.84 Å². The summed E-state index contributed by atoms with van der Waals surface area (Å²) in [4.78, 5) is 4.39. The zero-order chi connectivity index (χ0) is 18.0. The lowest BCUT2D eigenvalue weighted by molar-refractivity contribution is 0.316. The number of rotatable bonds is 6. The largest absolute Gasteiger partial charge is 0.337 e. The highest BCUT2D eigenvalue weighted by atomic mass is 19.1. The second-order valence-electron chi connectivity index (χ2n) is 6.45. The fourth-order valence-electron chi connectivity index (χ4n) is 2.66. The molecule has 0 aliphatic rings. The summed E-state index contributed by atoms with van der Waals surface area (Å²) in [5, 5.41) is 11.7. The SMILES string of the molecule is Cc1cnn(CC(C)NC(C)c2nc(-c3ccc(C)c(F)c3)no2)c1.